The second-order valence-corrected chi connectivity index (χ2v) is 5.46. The van der Waals surface area contributed by atoms with E-state index in [-0.39, 0.29) is 16.4 Å². The number of carbonyl (C=O) groups is 2. The van der Waals surface area contributed by atoms with Crippen LogP contribution in [0.4, 0.5) is 5.13 Å². The van der Waals surface area contributed by atoms with E-state index in [9.17, 15) is 9.59 Å². The highest BCUT2D eigenvalue weighted by Gasteiger charge is 2.14. The maximum atomic E-state index is 12.0. The van der Waals surface area contributed by atoms with E-state index in [4.69, 9.17) is 23.2 Å². The highest BCUT2D eigenvalue weighted by Crippen LogP contribution is 2.27. The number of Topliss-reactive ketones (excluding diaryl/α,β-unsaturated/α-hetero) is 1. The fraction of sp³-hybridized carbons (Fsp3) is 0.0833. The number of carbonyl (C=O) groups excluding carboxylic acids is 2. The van der Waals surface area contributed by atoms with Gasteiger partial charge in [-0.2, -0.15) is 0 Å². The van der Waals surface area contributed by atoms with Crippen LogP contribution in [0.5, 0.6) is 0 Å². The number of amides is 1. The number of thiazole rings is 1. The topological polar surface area (TPSA) is 59.1 Å². The number of benzene rings is 1. The fourth-order valence-corrected chi connectivity index (χ4v) is 2.43. The molecule has 4 nitrogen and oxygen atoms in total. The molecule has 2 aromatic rings. The molecule has 7 heteroatoms. The summed E-state index contributed by atoms with van der Waals surface area (Å²) < 4.78 is 0. The van der Waals surface area contributed by atoms with Crippen LogP contribution in [0.2, 0.25) is 10.0 Å². The first-order valence-corrected chi connectivity index (χ1v) is 6.78. The first-order chi connectivity index (χ1) is 8.99. The third kappa shape index (κ3) is 3.12. The molecular formula is C12H8Cl2N2O2S. The molecule has 0 fully saturated rings. The zero-order valence-corrected chi connectivity index (χ0v) is 12.1. The van der Waals surface area contributed by atoms with E-state index in [1.807, 2.05) is 0 Å². The molecule has 0 bridgehead atoms. The molecule has 0 atom stereocenters. The zero-order valence-electron chi connectivity index (χ0n) is 9.74. The van der Waals surface area contributed by atoms with Gasteiger partial charge in [-0.15, -0.1) is 0 Å². The van der Waals surface area contributed by atoms with Crippen LogP contribution >= 0.6 is 34.5 Å². The summed E-state index contributed by atoms with van der Waals surface area (Å²) in [6, 6.07) is 4.78. The molecule has 0 unspecified atom stereocenters. The standard InChI is InChI=1S/C12H8Cl2N2O2S/c1-6(17)9-5-15-12(19-9)16-11(18)7-3-2-4-8(13)10(7)14/h2-5H,1H3,(H,15,16,18). The van der Waals surface area contributed by atoms with Gasteiger partial charge in [-0.25, -0.2) is 4.98 Å². The van der Waals surface area contributed by atoms with E-state index in [1.165, 1.54) is 13.1 Å². The third-order valence-electron chi connectivity index (χ3n) is 2.27. The van der Waals surface area contributed by atoms with Crippen molar-refractivity contribution in [1.82, 2.24) is 4.98 Å². The molecule has 0 spiro atoms. The van der Waals surface area contributed by atoms with E-state index in [1.54, 1.807) is 18.2 Å². The van der Waals surface area contributed by atoms with Gasteiger partial charge in [0.15, 0.2) is 10.9 Å². The van der Waals surface area contributed by atoms with Gasteiger partial charge in [-0.3, -0.25) is 14.9 Å². The fourth-order valence-electron chi connectivity index (χ4n) is 1.34. The Morgan fingerprint density at radius 1 is 1.32 bits per heavy atom. The Morgan fingerprint density at radius 2 is 2.05 bits per heavy atom. The van der Waals surface area contributed by atoms with Crippen molar-refractivity contribution in [2.24, 2.45) is 0 Å². The molecule has 1 N–H and O–H groups in total. The minimum Gasteiger partial charge on any atom is -0.298 e. The summed E-state index contributed by atoms with van der Waals surface area (Å²) in [5, 5.41) is 3.40. The smallest absolute Gasteiger partial charge is 0.259 e. The second-order valence-electron chi connectivity index (χ2n) is 3.64. The predicted octanol–water partition coefficient (Wildman–Crippen LogP) is 3.90. The van der Waals surface area contributed by atoms with Gasteiger partial charge in [-0.1, -0.05) is 40.6 Å². The number of ketones is 1. The van der Waals surface area contributed by atoms with Crippen LogP contribution in [0, 0.1) is 0 Å². The summed E-state index contributed by atoms with van der Waals surface area (Å²) >= 11 is 12.9. The summed E-state index contributed by atoms with van der Waals surface area (Å²) in [6.45, 7) is 1.44. The van der Waals surface area contributed by atoms with Crippen LogP contribution in [0.25, 0.3) is 0 Å². The molecule has 0 aliphatic rings. The Kier molecular flexibility index (Phi) is 4.19. The maximum Gasteiger partial charge on any atom is 0.259 e. The Hall–Kier alpha value is -1.43. The Labute approximate surface area is 123 Å². The molecule has 98 valence electrons. The molecule has 1 amide bonds. The largest absolute Gasteiger partial charge is 0.298 e. The van der Waals surface area contributed by atoms with Crippen molar-refractivity contribution >= 4 is 51.4 Å². The zero-order chi connectivity index (χ0) is 14.0. The molecule has 19 heavy (non-hydrogen) atoms. The van der Waals surface area contributed by atoms with E-state index in [0.29, 0.717) is 15.0 Å². The van der Waals surface area contributed by atoms with Crippen LogP contribution in [-0.2, 0) is 0 Å². The van der Waals surface area contributed by atoms with E-state index < -0.39 is 5.91 Å². The summed E-state index contributed by atoms with van der Waals surface area (Å²) in [5.41, 5.74) is 0.258. The molecule has 0 aliphatic carbocycles. The SMILES string of the molecule is CC(=O)c1cnc(NC(=O)c2cccc(Cl)c2Cl)s1. The lowest BCUT2D eigenvalue weighted by Crippen LogP contribution is -2.12. The summed E-state index contributed by atoms with van der Waals surface area (Å²) in [7, 11) is 0. The molecule has 0 saturated heterocycles. The first kappa shape index (κ1) is 14.0. The number of aromatic nitrogens is 1. The van der Waals surface area contributed by atoms with Crippen molar-refractivity contribution in [3.63, 3.8) is 0 Å². The van der Waals surface area contributed by atoms with Gasteiger partial charge >= 0.3 is 0 Å². The summed E-state index contributed by atoms with van der Waals surface area (Å²) in [6.07, 6.45) is 1.42. The molecule has 2 rings (SSSR count). The van der Waals surface area contributed by atoms with Gasteiger partial charge in [0.05, 0.1) is 26.7 Å². The second kappa shape index (κ2) is 5.69. The van der Waals surface area contributed by atoms with Crippen LogP contribution < -0.4 is 5.32 Å². The average Bonchev–Trinajstić information content (AvgIpc) is 2.81. The molecule has 0 radical (unpaired) electrons. The maximum absolute atomic E-state index is 12.0. The molecule has 0 aliphatic heterocycles. The number of halogens is 2. The monoisotopic (exact) mass is 314 g/mol. The molecule has 0 saturated carbocycles. The quantitative estimate of drug-likeness (QED) is 0.874. The lowest BCUT2D eigenvalue weighted by atomic mass is 10.2. The molecule has 1 aromatic carbocycles. The van der Waals surface area contributed by atoms with Crippen LogP contribution in [0.15, 0.2) is 24.4 Å². The number of nitrogens with one attached hydrogen (secondary N) is 1. The summed E-state index contributed by atoms with van der Waals surface area (Å²) in [5.74, 6) is -0.518. The van der Waals surface area contributed by atoms with E-state index in [2.05, 4.69) is 10.3 Å². The highest BCUT2D eigenvalue weighted by molar-refractivity contribution is 7.17. The van der Waals surface area contributed by atoms with Crippen LogP contribution in [-0.4, -0.2) is 16.7 Å². The van der Waals surface area contributed by atoms with E-state index >= 15 is 0 Å². The van der Waals surface area contributed by atoms with Crippen molar-refractivity contribution in [2.45, 2.75) is 6.92 Å². The van der Waals surface area contributed by atoms with Crippen LogP contribution in [0.1, 0.15) is 27.0 Å². The lowest BCUT2D eigenvalue weighted by Gasteiger charge is -2.04. The Bertz CT molecular complexity index is 655. The number of hydrogen-bond acceptors (Lipinski definition) is 4. The minimum atomic E-state index is -0.419. The van der Waals surface area contributed by atoms with Crippen molar-refractivity contribution in [3.8, 4) is 0 Å². The van der Waals surface area contributed by atoms with Gasteiger partial charge in [0.1, 0.15) is 0 Å². The summed E-state index contributed by atoms with van der Waals surface area (Å²) in [4.78, 5) is 27.6. The Morgan fingerprint density at radius 3 is 2.68 bits per heavy atom. The predicted molar refractivity (Wildman–Crippen MR) is 76.5 cm³/mol. The number of hydrogen-bond donors (Lipinski definition) is 1. The Balaban J connectivity index is 2.21. The van der Waals surface area contributed by atoms with E-state index in [0.717, 1.165) is 11.3 Å². The van der Waals surface area contributed by atoms with Crippen molar-refractivity contribution in [3.05, 3.63) is 44.9 Å². The van der Waals surface area contributed by atoms with Crippen LogP contribution in [0.3, 0.4) is 0 Å². The third-order valence-corrected chi connectivity index (χ3v) is 4.10. The average molecular weight is 315 g/mol. The van der Waals surface area contributed by atoms with Gasteiger partial charge < -0.3 is 0 Å². The number of rotatable bonds is 3. The van der Waals surface area contributed by atoms with Crippen molar-refractivity contribution in [1.29, 1.82) is 0 Å². The van der Waals surface area contributed by atoms with Crippen molar-refractivity contribution in [2.75, 3.05) is 5.32 Å². The number of anilines is 1. The normalized spacial score (nSPS) is 10.3. The van der Waals surface area contributed by atoms with Crippen molar-refractivity contribution < 1.29 is 9.59 Å². The molecule has 1 heterocycles. The molecule has 1 aromatic heterocycles. The van der Waals surface area contributed by atoms with Gasteiger partial charge in [-0.05, 0) is 12.1 Å². The minimum absolute atomic E-state index is 0.0983. The van der Waals surface area contributed by atoms with Gasteiger partial charge in [0, 0.05) is 6.92 Å². The van der Waals surface area contributed by atoms with Gasteiger partial charge in [0.25, 0.3) is 5.91 Å². The van der Waals surface area contributed by atoms with Gasteiger partial charge in [0.2, 0.25) is 0 Å². The first-order valence-electron chi connectivity index (χ1n) is 5.21. The highest BCUT2D eigenvalue weighted by atomic mass is 35.5. The molecular weight excluding hydrogens is 307 g/mol. The lowest BCUT2D eigenvalue weighted by molar-refractivity contribution is 0.101. The number of nitrogens with zero attached hydrogens (tertiary/aromatic N) is 1.